The average Bonchev–Trinajstić information content (AvgIpc) is 2.98. The van der Waals surface area contributed by atoms with E-state index >= 15 is 0 Å². The molecule has 0 bridgehead atoms. The zero-order chi connectivity index (χ0) is 16.5. The van der Waals surface area contributed by atoms with Gasteiger partial charge in [-0.25, -0.2) is 0 Å². The molecule has 1 amide bonds. The molecule has 0 aromatic carbocycles. The topological polar surface area (TPSA) is 47.4 Å². The summed E-state index contributed by atoms with van der Waals surface area (Å²) in [5.41, 5.74) is 1.16. The molecule has 5 nitrogen and oxygen atoms in total. The molecule has 1 aliphatic carbocycles. The van der Waals surface area contributed by atoms with E-state index in [0.717, 1.165) is 42.4 Å². The number of rotatable bonds is 6. The van der Waals surface area contributed by atoms with Gasteiger partial charge in [0.15, 0.2) is 0 Å². The SMILES string of the molecule is Cn1cc(C[C@@H]2[C@@H](OCC3CC3)CCN2C(=O)c2cccs2)cn1. The summed E-state index contributed by atoms with van der Waals surface area (Å²) in [6.45, 7) is 1.62. The van der Waals surface area contributed by atoms with E-state index in [2.05, 4.69) is 5.10 Å². The van der Waals surface area contributed by atoms with Gasteiger partial charge >= 0.3 is 0 Å². The van der Waals surface area contributed by atoms with Crippen molar-refractivity contribution in [2.75, 3.05) is 13.2 Å². The van der Waals surface area contributed by atoms with Crippen LogP contribution in [0.2, 0.25) is 0 Å². The van der Waals surface area contributed by atoms with Gasteiger partial charge in [0.1, 0.15) is 0 Å². The summed E-state index contributed by atoms with van der Waals surface area (Å²) in [5.74, 6) is 0.877. The van der Waals surface area contributed by atoms with Gasteiger partial charge in [-0.15, -0.1) is 11.3 Å². The van der Waals surface area contributed by atoms with Crippen LogP contribution in [0.1, 0.15) is 34.5 Å². The molecule has 2 aromatic heterocycles. The second-order valence-electron chi connectivity index (χ2n) is 6.87. The monoisotopic (exact) mass is 345 g/mol. The fourth-order valence-corrected chi connectivity index (χ4v) is 4.10. The van der Waals surface area contributed by atoms with Crippen molar-refractivity contribution < 1.29 is 9.53 Å². The molecule has 0 unspecified atom stereocenters. The molecule has 0 radical (unpaired) electrons. The number of carbonyl (C=O) groups is 1. The van der Waals surface area contributed by atoms with Crippen molar-refractivity contribution in [2.24, 2.45) is 13.0 Å². The number of ether oxygens (including phenoxy) is 1. The van der Waals surface area contributed by atoms with Gasteiger partial charge in [0, 0.05) is 26.4 Å². The molecule has 1 saturated heterocycles. The molecule has 0 spiro atoms. The third-order valence-electron chi connectivity index (χ3n) is 4.92. The number of carbonyl (C=O) groups excluding carboxylic acids is 1. The standard InChI is InChI=1S/C18H23N3O2S/c1-20-11-14(10-19-20)9-15-16(23-12-13-4-5-13)6-7-21(15)18(22)17-3-2-8-24-17/h2-3,8,10-11,13,15-16H,4-7,9,12H2,1H3/t15-,16+/m1/s1. The van der Waals surface area contributed by atoms with Gasteiger partial charge in [-0.05, 0) is 48.6 Å². The highest BCUT2D eigenvalue weighted by atomic mass is 32.1. The third kappa shape index (κ3) is 3.39. The van der Waals surface area contributed by atoms with Crippen molar-refractivity contribution in [3.63, 3.8) is 0 Å². The zero-order valence-electron chi connectivity index (χ0n) is 13.9. The number of aryl methyl sites for hydroxylation is 1. The highest BCUT2D eigenvalue weighted by Crippen LogP contribution is 2.32. The fraction of sp³-hybridized carbons (Fsp3) is 0.556. The summed E-state index contributed by atoms with van der Waals surface area (Å²) in [6.07, 6.45) is 8.37. The Morgan fingerprint density at radius 2 is 2.29 bits per heavy atom. The number of hydrogen-bond acceptors (Lipinski definition) is 4. The lowest BCUT2D eigenvalue weighted by Crippen LogP contribution is -2.41. The smallest absolute Gasteiger partial charge is 0.264 e. The largest absolute Gasteiger partial charge is 0.376 e. The maximum atomic E-state index is 12.9. The van der Waals surface area contributed by atoms with Crippen LogP contribution in [0.4, 0.5) is 0 Å². The number of nitrogens with zero attached hydrogens (tertiary/aromatic N) is 3. The average molecular weight is 345 g/mol. The van der Waals surface area contributed by atoms with Crippen LogP contribution in [0.15, 0.2) is 29.9 Å². The molecule has 3 heterocycles. The maximum Gasteiger partial charge on any atom is 0.264 e. The molecule has 6 heteroatoms. The van der Waals surface area contributed by atoms with Crippen LogP contribution in [0.25, 0.3) is 0 Å². The Balaban J connectivity index is 1.51. The van der Waals surface area contributed by atoms with Crippen molar-refractivity contribution in [3.8, 4) is 0 Å². The number of thiophene rings is 1. The summed E-state index contributed by atoms with van der Waals surface area (Å²) in [5, 5.41) is 6.22. The van der Waals surface area contributed by atoms with Crippen LogP contribution < -0.4 is 0 Å². The van der Waals surface area contributed by atoms with E-state index < -0.39 is 0 Å². The van der Waals surface area contributed by atoms with Crippen LogP contribution >= 0.6 is 11.3 Å². The van der Waals surface area contributed by atoms with Gasteiger partial charge in [0.05, 0.1) is 23.2 Å². The fourth-order valence-electron chi connectivity index (χ4n) is 3.42. The molecular weight excluding hydrogens is 322 g/mol. The van der Waals surface area contributed by atoms with Crippen LogP contribution in [0.3, 0.4) is 0 Å². The zero-order valence-corrected chi connectivity index (χ0v) is 14.7. The molecule has 2 fully saturated rings. The molecule has 4 rings (SSSR count). The van der Waals surface area contributed by atoms with Gasteiger partial charge in [0.25, 0.3) is 5.91 Å². The van der Waals surface area contributed by atoms with E-state index in [1.807, 2.05) is 46.5 Å². The number of likely N-dealkylation sites (tertiary alicyclic amines) is 1. The Kier molecular flexibility index (Phi) is 4.41. The van der Waals surface area contributed by atoms with Crippen molar-refractivity contribution >= 4 is 17.2 Å². The predicted molar refractivity (Wildman–Crippen MR) is 93.1 cm³/mol. The molecule has 2 atom stereocenters. The molecule has 1 aliphatic heterocycles. The van der Waals surface area contributed by atoms with Crippen LogP contribution in [0.5, 0.6) is 0 Å². The summed E-state index contributed by atoms with van der Waals surface area (Å²) in [7, 11) is 1.92. The molecule has 2 aromatic rings. The van der Waals surface area contributed by atoms with Crippen LogP contribution in [0, 0.1) is 5.92 Å². The van der Waals surface area contributed by atoms with E-state index in [9.17, 15) is 4.79 Å². The highest BCUT2D eigenvalue weighted by Gasteiger charge is 2.39. The predicted octanol–water partition coefficient (Wildman–Crippen LogP) is 2.73. The highest BCUT2D eigenvalue weighted by molar-refractivity contribution is 7.12. The Hall–Kier alpha value is -1.66. The maximum absolute atomic E-state index is 12.9. The van der Waals surface area contributed by atoms with Gasteiger partial charge in [0.2, 0.25) is 0 Å². The summed E-state index contributed by atoms with van der Waals surface area (Å²) < 4.78 is 8.01. The quantitative estimate of drug-likeness (QED) is 0.809. The third-order valence-corrected chi connectivity index (χ3v) is 5.78. The second-order valence-corrected chi connectivity index (χ2v) is 7.82. The van der Waals surface area contributed by atoms with E-state index in [0.29, 0.717) is 0 Å². The number of aromatic nitrogens is 2. The van der Waals surface area contributed by atoms with E-state index in [4.69, 9.17) is 4.74 Å². The van der Waals surface area contributed by atoms with Crippen molar-refractivity contribution in [2.45, 2.75) is 37.8 Å². The molecule has 0 N–H and O–H groups in total. The van der Waals surface area contributed by atoms with Crippen molar-refractivity contribution in [1.29, 1.82) is 0 Å². The first-order valence-corrected chi connectivity index (χ1v) is 9.52. The van der Waals surface area contributed by atoms with Gasteiger partial charge in [-0.1, -0.05) is 6.07 Å². The van der Waals surface area contributed by atoms with Crippen molar-refractivity contribution in [1.82, 2.24) is 14.7 Å². The van der Waals surface area contributed by atoms with E-state index in [1.54, 1.807) is 0 Å². The van der Waals surface area contributed by atoms with E-state index in [1.165, 1.54) is 24.2 Å². The van der Waals surface area contributed by atoms with Gasteiger partial charge in [-0.2, -0.15) is 5.10 Å². The lowest BCUT2D eigenvalue weighted by Gasteiger charge is -2.27. The second kappa shape index (κ2) is 6.69. The molecular formula is C18H23N3O2S. The minimum atomic E-state index is 0.0996. The first-order valence-electron chi connectivity index (χ1n) is 8.64. The minimum absolute atomic E-state index is 0.0996. The molecule has 2 aliphatic rings. The summed E-state index contributed by atoms with van der Waals surface area (Å²) >= 11 is 1.51. The minimum Gasteiger partial charge on any atom is -0.376 e. The van der Waals surface area contributed by atoms with Gasteiger partial charge in [-0.3, -0.25) is 9.48 Å². The first-order chi connectivity index (χ1) is 11.7. The molecule has 24 heavy (non-hydrogen) atoms. The lowest BCUT2D eigenvalue weighted by molar-refractivity contribution is 0.0201. The summed E-state index contributed by atoms with van der Waals surface area (Å²) in [6, 6.07) is 3.94. The Bertz CT molecular complexity index is 693. The normalized spacial score (nSPS) is 23.8. The Morgan fingerprint density at radius 1 is 1.42 bits per heavy atom. The number of amides is 1. The van der Waals surface area contributed by atoms with Crippen LogP contribution in [-0.4, -0.2) is 45.9 Å². The molecule has 128 valence electrons. The van der Waals surface area contributed by atoms with Gasteiger partial charge < -0.3 is 9.64 Å². The first kappa shape index (κ1) is 15.8. The van der Waals surface area contributed by atoms with Crippen molar-refractivity contribution in [3.05, 3.63) is 40.3 Å². The lowest BCUT2D eigenvalue weighted by atomic mass is 10.0. The summed E-state index contributed by atoms with van der Waals surface area (Å²) in [4.78, 5) is 15.7. The van der Waals surface area contributed by atoms with Crippen LogP contribution in [-0.2, 0) is 18.2 Å². The number of hydrogen-bond donors (Lipinski definition) is 0. The molecule has 1 saturated carbocycles. The van der Waals surface area contributed by atoms with E-state index in [-0.39, 0.29) is 18.1 Å². The Morgan fingerprint density at radius 3 is 2.96 bits per heavy atom. The Labute approximate surface area is 146 Å².